The number of aromatic nitrogens is 3. The Labute approximate surface area is 162 Å². The van der Waals surface area contributed by atoms with E-state index in [0.717, 1.165) is 48.8 Å². The van der Waals surface area contributed by atoms with Gasteiger partial charge in [-0.05, 0) is 26.0 Å². The summed E-state index contributed by atoms with van der Waals surface area (Å²) < 4.78 is 16.5. The minimum Gasteiger partial charge on any atom is -0.398 e. The Morgan fingerprint density at radius 1 is 1.21 bits per heavy atom. The highest BCUT2D eigenvalue weighted by Crippen LogP contribution is 2.26. The van der Waals surface area contributed by atoms with Gasteiger partial charge >= 0.3 is 0 Å². The first-order chi connectivity index (χ1) is 13.4. The fraction of sp³-hybridized carbons (Fsp3) is 0.316. The van der Waals surface area contributed by atoms with E-state index in [2.05, 4.69) is 25.3 Å². The number of halogens is 1. The lowest BCUT2D eigenvalue weighted by Crippen LogP contribution is -2.43. The van der Waals surface area contributed by atoms with Gasteiger partial charge in [-0.2, -0.15) is 0 Å². The molecule has 3 heterocycles. The molecule has 0 atom stereocenters. The maximum atomic E-state index is 14.8. The van der Waals surface area contributed by atoms with Crippen molar-refractivity contribution in [3.8, 4) is 0 Å². The van der Waals surface area contributed by atoms with Crippen molar-refractivity contribution in [2.45, 2.75) is 13.8 Å². The highest BCUT2D eigenvalue weighted by atomic mass is 19.1. The minimum atomic E-state index is -0.493. The third kappa shape index (κ3) is 3.36. The van der Waals surface area contributed by atoms with Crippen molar-refractivity contribution in [2.75, 3.05) is 36.8 Å². The average Bonchev–Trinajstić information content (AvgIpc) is 3.04. The number of fused-ring (bicyclic) bond motifs is 1. The molecular weight excluding hydrogens is 359 g/mol. The Balaban J connectivity index is 1.69. The fourth-order valence-corrected chi connectivity index (χ4v) is 3.50. The predicted molar refractivity (Wildman–Crippen MR) is 109 cm³/mol. The molecule has 0 saturated carbocycles. The molecule has 1 aliphatic heterocycles. The summed E-state index contributed by atoms with van der Waals surface area (Å²) in [7, 11) is 0. The van der Waals surface area contributed by atoms with E-state index in [0.29, 0.717) is 5.82 Å². The second kappa shape index (κ2) is 7.08. The van der Waals surface area contributed by atoms with E-state index in [4.69, 9.17) is 11.5 Å². The number of nitrogens with zero attached hydrogens (tertiary/aromatic N) is 5. The molecule has 28 heavy (non-hydrogen) atoms. The van der Waals surface area contributed by atoms with Crippen LogP contribution in [0.2, 0.25) is 0 Å². The molecule has 9 heteroatoms. The Morgan fingerprint density at radius 2 is 1.96 bits per heavy atom. The van der Waals surface area contributed by atoms with Crippen LogP contribution in [-0.4, -0.2) is 46.6 Å². The average molecular weight is 382 g/mol. The number of rotatable bonds is 3. The van der Waals surface area contributed by atoms with Gasteiger partial charge in [-0.1, -0.05) is 0 Å². The van der Waals surface area contributed by atoms with Crippen molar-refractivity contribution < 1.29 is 4.39 Å². The number of benzene rings is 1. The molecule has 3 aromatic rings. The standard InChI is InChI=1S/C19H23FN8/c1-11-10-28-16(12(2)24-11)9-17(26-28)25-19(22)18-14(20)7-13(8-15(18)21)27-5-3-23-4-6-27/h7-10,23H,3-6,21H2,1-2H3,(H2,22,25,26). The summed E-state index contributed by atoms with van der Waals surface area (Å²) in [4.78, 5) is 10.8. The summed E-state index contributed by atoms with van der Waals surface area (Å²) >= 11 is 0. The Bertz CT molecular complexity index is 1040. The van der Waals surface area contributed by atoms with E-state index in [1.54, 1.807) is 22.8 Å². The molecule has 2 aromatic heterocycles. The van der Waals surface area contributed by atoms with Gasteiger partial charge in [-0.25, -0.2) is 13.9 Å². The minimum absolute atomic E-state index is 0.00685. The van der Waals surface area contributed by atoms with E-state index >= 15 is 0 Å². The van der Waals surface area contributed by atoms with E-state index < -0.39 is 5.82 Å². The van der Waals surface area contributed by atoms with Crippen LogP contribution in [0.25, 0.3) is 5.52 Å². The number of aryl methyl sites for hydroxylation is 2. The monoisotopic (exact) mass is 382 g/mol. The SMILES string of the molecule is Cc1cn2nc(N=C(N)c3c(N)cc(N4CCNCC4)cc3F)cc2c(C)n1. The number of nitrogens with two attached hydrogens (primary N) is 2. The normalized spacial score (nSPS) is 15.4. The summed E-state index contributed by atoms with van der Waals surface area (Å²) in [6.45, 7) is 7.10. The van der Waals surface area contributed by atoms with Gasteiger partial charge in [0.15, 0.2) is 5.82 Å². The predicted octanol–water partition coefficient (Wildman–Crippen LogP) is 1.51. The number of aliphatic imine (C=N–C) groups is 1. The number of nitrogen functional groups attached to an aromatic ring is 1. The molecule has 0 radical (unpaired) electrons. The maximum absolute atomic E-state index is 14.8. The van der Waals surface area contributed by atoms with Crippen LogP contribution in [-0.2, 0) is 0 Å². The third-order valence-electron chi connectivity index (χ3n) is 4.83. The van der Waals surface area contributed by atoms with Gasteiger partial charge in [0.2, 0.25) is 0 Å². The van der Waals surface area contributed by atoms with Crippen molar-refractivity contribution in [1.29, 1.82) is 0 Å². The zero-order chi connectivity index (χ0) is 19.8. The summed E-state index contributed by atoms with van der Waals surface area (Å²) in [6, 6.07) is 4.96. The zero-order valence-electron chi connectivity index (χ0n) is 15.9. The molecule has 0 unspecified atom stereocenters. The lowest BCUT2D eigenvalue weighted by atomic mass is 10.1. The van der Waals surface area contributed by atoms with E-state index in [-0.39, 0.29) is 17.1 Å². The summed E-state index contributed by atoms with van der Waals surface area (Å²) in [6.07, 6.45) is 1.80. The first kappa shape index (κ1) is 18.2. The lowest BCUT2D eigenvalue weighted by Gasteiger charge is -2.30. The molecular formula is C19H23FN8. The number of piperazine rings is 1. The number of hydrogen-bond acceptors (Lipinski definition) is 6. The van der Waals surface area contributed by atoms with Crippen LogP contribution in [0.4, 0.5) is 21.6 Å². The molecule has 0 bridgehead atoms. The molecule has 8 nitrogen and oxygen atoms in total. The van der Waals surface area contributed by atoms with Crippen LogP contribution in [0.15, 0.2) is 29.4 Å². The largest absolute Gasteiger partial charge is 0.398 e. The van der Waals surface area contributed by atoms with Crippen molar-refractivity contribution in [1.82, 2.24) is 19.9 Å². The van der Waals surface area contributed by atoms with Gasteiger partial charge in [0.05, 0.1) is 28.7 Å². The van der Waals surface area contributed by atoms with Crippen LogP contribution < -0.4 is 21.7 Å². The number of anilines is 2. The van der Waals surface area contributed by atoms with E-state index in [1.165, 1.54) is 6.07 Å². The Kier molecular flexibility index (Phi) is 4.60. The maximum Gasteiger partial charge on any atom is 0.177 e. The van der Waals surface area contributed by atoms with Gasteiger partial charge in [0.1, 0.15) is 11.7 Å². The fourth-order valence-electron chi connectivity index (χ4n) is 3.50. The molecule has 5 N–H and O–H groups in total. The van der Waals surface area contributed by atoms with E-state index in [1.807, 2.05) is 13.8 Å². The van der Waals surface area contributed by atoms with Crippen molar-refractivity contribution >= 4 is 28.5 Å². The number of nitrogens with one attached hydrogen (secondary N) is 1. The molecule has 0 aliphatic carbocycles. The van der Waals surface area contributed by atoms with Gasteiger partial charge in [-0.15, -0.1) is 5.10 Å². The van der Waals surface area contributed by atoms with Crippen LogP contribution in [0.5, 0.6) is 0 Å². The molecule has 1 aliphatic rings. The molecule has 0 amide bonds. The first-order valence-corrected chi connectivity index (χ1v) is 9.15. The Morgan fingerprint density at radius 3 is 2.68 bits per heavy atom. The second-order valence-corrected chi connectivity index (χ2v) is 6.93. The molecule has 4 rings (SSSR count). The number of amidine groups is 1. The van der Waals surface area contributed by atoms with Crippen LogP contribution in [0.3, 0.4) is 0 Å². The second-order valence-electron chi connectivity index (χ2n) is 6.93. The highest BCUT2D eigenvalue weighted by Gasteiger charge is 2.18. The summed E-state index contributed by atoms with van der Waals surface area (Å²) in [5.41, 5.74) is 15.8. The Hall–Kier alpha value is -3.20. The van der Waals surface area contributed by atoms with Gasteiger partial charge in [0.25, 0.3) is 0 Å². The molecule has 1 saturated heterocycles. The van der Waals surface area contributed by atoms with Gasteiger partial charge < -0.3 is 21.7 Å². The quantitative estimate of drug-likeness (QED) is 0.360. The van der Waals surface area contributed by atoms with Crippen molar-refractivity contribution in [3.63, 3.8) is 0 Å². The van der Waals surface area contributed by atoms with Gasteiger partial charge in [-0.3, -0.25) is 4.98 Å². The smallest absolute Gasteiger partial charge is 0.177 e. The van der Waals surface area contributed by atoms with Gasteiger partial charge in [0, 0.05) is 43.6 Å². The van der Waals surface area contributed by atoms with Crippen molar-refractivity contribution in [3.05, 3.63) is 47.2 Å². The first-order valence-electron chi connectivity index (χ1n) is 9.15. The van der Waals surface area contributed by atoms with Crippen LogP contribution in [0.1, 0.15) is 17.0 Å². The number of hydrogen-bond donors (Lipinski definition) is 3. The van der Waals surface area contributed by atoms with Crippen molar-refractivity contribution in [2.24, 2.45) is 10.7 Å². The van der Waals surface area contributed by atoms with Crippen LogP contribution in [0, 0.1) is 19.7 Å². The zero-order valence-corrected chi connectivity index (χ0v) is 15.9. The summed E-state index contributed by atoms with van der Waals surface area (Å²) in [5.74, 6) is -0.127. The van der Waals surface area contributed by atoms with Crippen LogP contribution >= 0.6 is 0 Å². The molecule has 1 fully saturated rings. The molecule has 1 aromatic carbocycles. The molecule has 146 valence electrons. The molecule has 0 spiro atoms. The third-order valence-corrected chi connectivity index (χ3v) is 4.83. The highest BCUT2D eigenvalue weighted by molar-refractivity contribution is 6.04. The van der Waals surface area contributed by atoms with E-state index in [9.17, 15) is 4.39 Å². The summed E-state index contributed by atoms with van der Waals surface area (Å²) in [5, 5.41) is 7.65. The lowest BCUT2D eigenvalue weighted by molar-refractivity contribution is 0.584. The topological polar surface area (TPSA) is 110 Å².